The van der Waals surface area contributed by atoms with E-state index in [4.69, 9.17) is 4.74 Å². The molecule has 3 aromatic carbocycles. The average molecular weight is 405 g/mol. The maximum absolute atomic E-state index is 12.6. The van der Waals surface area contributed by atoms with Crippen LogP contribution in [0.3, 0.4) is 0 Å². The van der Waals surface area contributed by atoms with Crippen LogP contribution < -0.4 is 15.9 Å². The third-order valence-electron chi connectivity index (χ3n) is 5.49. The molecule has 0 aromatic heterocycles. The fourth-order valence-corrected chi connectivity index (χ4v) is 8.36. The van der Waals surface area contributed by atoms with Gasteiger partial charge in [0.1, 0.15) is 23.2 Å². The first-order valence-corrected chi connectivity index (χ1v) is 12.2. The van der Waals surface area contributed by atoms with Gasteiger partial charge in [0.15, 0.2) is 0 Å². The highest BCUT2D eigenvalue weighted by atomic mass is 31.2. The second-order valence-corrected chi connectivity index (χ2v) is 11.5. The van der Waals surface area contributed by atoms with Crippen LogP contribution in [0.25, 0.3) is 0 Å². The van der Waals surface area contributed by atoms with Crippen LogP contribution in [-0.2, 0) is 9.53 Å². The van der Waals surface area contributed by atoms with Gasteiger partial charge in [-0.15, -0.1) is 0 Å². The summed E-state index contributed by atoms with van der Waals surface area (Å²) in [7, 11) is -1.92. The van der Waals surface area contributed by atoms with Crippen LogP contribution in [0.5, 0.6) is 0 Å². The Bertz CT molecular complexity index is 809. The minimum Gasteiger partial charge on any atom is -0.466 e. The molecule has 3 aromatic rings. The Hall–Kier alpha value is -2.44. The zero-order valence-electron chi connectivity index (χ0n) is 17.5. The van der Waals surface area contributed by atoms with Crippen LogP contribution in [0.4, 0.5) is 0 Å². The molecule has 0 atom stereocenters. The normalized spacial score (nSPS) is 11.8. The predicted molar refractivity (Wildman–Crippen MR) is 125 cm³/mol. The quantitative estimate of drug-likeness (QED) is 0.391. The van der Waals surface area contributed by atoms with Gasteiger partial charge < -0.3 is 4.74 Å². The highest BCUT2D eigenvalue weighted by molar-refractivity contribution is 7.95. The van der Waals surface area contributed by atoms with Gasteiger partial charge in [0.05, 0.1) is 18.2 Å². The van der Waals surface area contributed by atoms with E-state index < -0.39 is 12.7 Å². The lowest BCUT2D eigenvalue weighted by molar-refractivity contribution is -0.153. The molecule has 0 saturated carbocycles. The van der Waals surface area contributed by atoms with Gasteiger partial charge in [-0.2, -0.15) is 0 Å². The van der Waals surface area contributed by atoms with E-state index in [2.05, 4.69) is 91.0 Å². The molecule has 29 heavy (non-hydrogen) atoms. The molecule has 0 unspecified atom stereocenters. The molecule has 0 aliphatic heterocycles. The van der Waals surface area contributed by atoms with Crippen molar-refractivity contribution < 1.29 is 9.53 Å². The highest BCUT2D eigenvalue weighted by Gasteiger charge is 2.47. The molecule has 0 bridgehead atoms. The summed E-state index contributed by atoms with van der Waals surface area (Å²) >= 11 is 0. The zero-order valence-corrected chi connectivity index (χ0v) is 18.4. The average Bonchev–Trinajstić information content (AvgIpc) is 2.76. The molecule has 0 amide bonds. The fraction of sp³-hybridized carbons (Fsp3) is 0.269. The van der Waals surface area contributed by atoms with Gasteiger partial charge in [0, 0.05) is 0 Å². The maximum Gasteiger partial charge on any atom is 0.311 e. The molecule has 3 heteroatoms. The number of rotatable bonds is 8. The van der Waals surface area contributed by atoms with E-state index in [-0.39, 0.29) is 5.97 Å². The highest BCUT2D eigenvalue weighted by Crippen LogP contribution is 2.56. The lowest BCUT2D eigenvalue weighted by Gasteiger charge is -2.31. The van der Waals surface area contributed by atoms with Crippen LogP contribution in [-0.4, -0.2) is 18.7 Å². The fourth-order valence-electron chi connectivity index (χ4n) is 3.76. The van der Waals surface area contributed by atoms with Crippen molar-refractivity contribution in [2.75, 3.05) is 12.8 Å². The lowest BCUT2D eigenvalue weighted by Crippen LogP contribution is -2.36. The van der Waals surface area contributed by atoms with Gasteiger partial charge in [-0.3, -0.25) is 4.79 Å². The van der Waals surface area contributed by atoms with Gasteiger partial charge in [-0.25, -0.2) is 0 Å². The van der Waals surface area contributed by atoms with E-state index >= 15 is 0 Å². The second-order valence-electron chi connectivity index (χ2n) is 7.89. The van der Waals surface area contributed by atoms with E-state index in [1.54, 1.807) is 0 Å². The van der Waals surface area contributed by atoms with Crippen molar-refractivity contribution in [1.29, 1.82) is 0 Å². The van der Waals surface area contributed by atoms with Crippen molar-refractivity contribution in [3.63, 3.8) is 0 Å². The molecular weight excluding hydrogens is 375 g/mol. The Labute approximate surface area is 175 Å². The molecule has 0 radical (unpaired) electrons. The van der Waals surface area contributed by atoms with E-state index in [9.17, 15) is 4.79 Å². The van der Waals surface area contributed by atoms with Crippen molar-refractivity contribution in [2.45, 2.75) is 27.2 Å². The molecule has 2 nitrogen and oxygen atoms in total. The van der Waals surface area contributed by atoms with Crippen molar-refractivity contribution in [2.24, 2.45) is 5.41 Å². The molecule has 0 saturated heterocycles. The first-order valence-electron chi connectivity index (χ1n) is 10.2. The third kappa shape index (κ3) is 4.60. The summed E-state index contributed by atoms with van der Waals surface area (Å²) in [6.45, 7) is 6.28. The molecule has 150 valence electrons. The summed E-state index contributed by atoms with van der Waals surface area (Å²) in [5, 5.41) is 4.03. The number of carbonyl (C=O) groups excluding carboxylic acids is 1. The summed E-state index contributed by atoms with van der Waals surface area (Å²) < 4.78 is 5.36. The topological polar surface area (TPSA) is 26.3 Å². The van der Waals surface area contributed by atoms with Crippen LogP contribution in [0.15, 0.2) is 91.0 Å². The zero-order chi connectivity index (χ0) is 20.7. The number of carbonyl (C=O) groups is 1. The standard InChI is InChI=1S/C26H30O2P/c1-4-28-25(27)26(2,3)20-21-29(22-14-8-5-9-15-22,23-16-10-6-11-17-23)24-18-12-7-13-19-24/h5-19H,4,20-21H2,1-3H3/q+1. The number of hydrogen-bond acceptors (Lipinski definition) is 2. The molecule has 0 aliphatic rings. The number of benzene rings is 3. The van der Waals surface area contributed by atoms with Crippen LogP contribution >= 0.6 is 7.26 Å². The molecule has 0 N–H and O–H groups in total. The van der Waals surface area contributed by atoms with Crippen LogP contribution in [0.1, 0.15) is 27.2 Å². The summed E-state index contributed by atoms with van der Waals surface area (Å²) in [4.78, 5) is 12.6. The van der Waals surface area contributed by atoms with Crippen molar-refractivity contribution in [3.05, 3.63) is 91.0 Å². The summed E-state index contributed by atoms with van der Waals surface area (Å²) in [5.41, 5.74) is -0.528. The predicted octanol–water partition coefficient (Wildman–Crippen LogP) is 4.96. The smallest absolute Gasteiger partial charge is 0.311 e. The lowest BCUT2D eigenvalue weighted by atomic mass is 9.90. The summed E-state index contributed by atoms with van der Waals surface area (Å²) in [5.74, 6) is -0.118. The first-order chi connectivity index (χ1) is 14.0. The van der Waals surface area contributed by atoms with Gasteiger partial charge in [-0.1, -0.05) is 54.6 Å². The minimum atomic E-state index is -1.92. The van der Waals surface area contributed by atoms with Gasteiger partial charge in [0.2, 0.25) is 0 Å². The molecule has 0 fully saturated rings. The van der Waals surface area contributed by atoms with Crippen LogP contribution in [0.2, 0.25) is 0 Å². The molecule has 0 spiro atoms. The monoisotopic (exact) mass is 405 g/mol. The Kier molecular flexibility index (Phi) is 6.87. The Balaban J connectivity index is 2.14. The molecule has 3 rings (SSSR count). The summed E-state index contributed by atoms with van der Waals surface area (Å²) in [6, 6.07) is 32.4. The first kappa shape index (κ1) is 21.3. The van der Waals surface area contributed by atoms with E-state index in [0.29, 0.717) is 6.61 Å². The number of hydrogen-bond donors (Lipinski definition) is 0. The van der Waals surface area contributed by atoms with E-state index in [1.165, 1.54) is 15.9 Å². The number of esters is 1. The summed E-state index contributed by atoms with van der Waals surface area (Å²) in [6.07, 6.45) is 1.68. The Morgan fingerprint density at radius 1 is 0.759 bits per heavy atom. The Morgan fingerprint density at radius 2 is 1.14 bits per heavy atom. The second kappa shape index (κ2) is 9.37. The van der Waals surface area contributed by atoms with Crippen molar-refractivity contribution in [1.82, 2.24) is 0 Å². The van der Waals surface area contributed by atoms with Crippen molar-refractivity contribution in [3.8, 4) is 0 Å². The molecular formula is C26H30O2P+. The van der Waals surface area contributed by atoms with Gasteiger partial charge in [-0.05, 0) is 63.6 Å². The SMILES string of the molecule is CCOC(=O)C(C)(C)CC[P+](c1ccccc1)(c1ccccc1)c1ccccc1. The molecule has 0 heterocycles. The number of ether oxygens (including phenoxy) is 1. The van der Waals surface area contributed by atoms with Gasteiger partial charge >= 0.3 is 5.97 Å². The van der Waals surface area contributed by atoms with E-state index in [1.807, 2.05) is 20.8 Å². The minimum absolute atomic E-state index is 0.118. The van der Waals surface area contributed by atoms with E-state index in [0.717, 1.165) is 12.6 Å². The van der Waals surface area contributed by atoms with Crippen LogP contribution in [0, 0.1) is 5.41 Å². The van der Waals surface area contributed by atoms with Gasteiger partial charge in [0.25, 0.3) is 0 Å². The Morgan fingerprint density at radius 3 is 1.48 bits per heavy atom. The largest absolute Gasteiger partial charge is 0.466 e. The van der Waals surface area contributed by atoms with Crippen molar-refractivity contribution >= 4 is 29.1 Å². The maximum atomic E-state index is 12.6. The third-order valence-corrected chi connectivity index (χ3v) is 9.92. The molecule has 0 aliphatic carbocycles.